The largest absolute Gasteiger partial charge is 0.289 e. The van der Waals surface area contributed by atoms with Crippen LogP contribution in [0.2, 0.25) is 0 Å². The zero-order valence-electron chi connectivity index (χ0n) is 10.1. The molecule has 0 spiro atoms. The monoisotopic (exact) mass is 221 g/mol. The van der Waals surface area contributed by atoms with Gasteiger partial charge in [-0.15, -0.1) is 0 Å². The van der Waals surface area contributed by atoms with E-state index < -0.39 is 0 Å². The Morgan fingerprint density at radius 2 is 2.00 bits per heavy atom. The summed E-state index contributed by atoms with van der Waals surface area (Å²) in [5.74, 6) is -0.376. The van der Waals surface area contributed by atoms with Gasteiger partial charge in [0.15, 0.2) is 0 Å². The second-order valence-corrected chi connectivity index (χ2v) is 4.61. The molecule has 1 aromatic rings. The predicted molar refractivity (Wildman–Crippen MR) is 63.4 cm³/mol. The van der Waals surface area contributed by atoms with Crippen LogP contribution in [0.4, 0.5) is 0 Å². The predicted octanol–water partition coefficient (Wildman–Crippen LogP) is 2.42. The molecule has 0 aromatic heterocycles. The van der Waals surface area contributed by atoms with Crippen molar-refractivity contribution >= 4 is 5.91 Å². The van der Waals surface area contributed by atoms with E-state index in [2.05, 4.69) is 20.8 Å². The van der Waals surface area contributed by atoms with Gasteiger partial charge in [0.25, 0.3) is 0 Å². The van der Waals surface area contributed by atoms with Gasteiger partial charge in [0.1, 0.15) is 0 Å². The minimum atomic E-state index is -0.376. The second kappa shape index (κ2) is 5.12. The third kappa shape index (κ3) is 2.83. The number of hydroxylamine groups is 1. The fourth-order valence-corrected chi connectivity index (χ4v) is 1.74. The highest BCUT2D eigenvalue weighted by atomic mass is 16.5. The Bertz CT molecular complexity index is 372. The molecule has 3 nitrogen and oxygen atoms in total. The third-order valence-electron chi connectivity index (χ3n) is 3.11. The average molecular weight is 221 g/mol. The normalized spacial score (nSPS) is 11.2. The van der Waals surface area contributed by atoms with E-state index in [0.29, 0.717) is 0 Å². The first-order valence-electron chi connectivity index (χ1n) is 5.52. The molecule has 16 heavy (non-hydrogen) atoms. The molecule has 0 bridgehead atoms. The van der Waals surface area contributed by atoms with Crippen molar-refractivity contribution in [1.29, 1.82) is 0 Å². The lowest BCUT2D eigenvalue weighted by atomic mass is 9.79. The molecule has 1 rings (SSSR count). The zero-order valence-corrected chi connectivity index (χ0v) is 10.1. The number of carbonyl (C=O) groups excluding carboxylic acids is 1. The van der Waals surface area contributed by atoms with Gasteiger partial charge < -0.3 is 0 Å². The van der Waals surface area contributed by atoms with E-state index in [4.69, 9.17) is 5.21 Å². The molecule has 88 valence electrons. The minimum Gasteiger partial charge on any atom is -0.289 e. The lowest BCUT2D eigenvalue weighted by Gasteiger charge is -2.26. The number of nitrogens with one attached hydrogen (secondary N) is 1. The average Bonchev–Trinajstić information content (AvgIpc) is 2.29. The number of rotatable bonds is 4. The molecule has 0 saturated carbocycles. The molecule has 0 fully saturated rings. The van der Waals surface area contributed by atoms with Crippen LogP contribution in [-0.4, -0.2) is 11.1 Å². The Morgan fingerprint density at radius 3 is 2.56 bits per heavy atom. The van der Waals surface area contributed by atoms with Gasteiger partial charge in [-0.1, -0.05) is 45.0 Å². The summed E-state index contributed by atoms with van der Waals surface area (Å²) in [7, 11) is 0. The lowest BCUT2D eigenvalue weighted by molar-refractivity contribution is -0.128. The second-order valence-electron chi connectivity index (χ2n) is 4.61. The van der Waals surface area contributed by atoms with Crippen LogP contribution in [0.1, 0.15) is 38.3 Å². The molecule has 0 aliphatic heterocycles. The molecule has 3 heteroatoms. The molecular weight excluding hydrogens is 202 g/mol. The maximum Gasteiger partial charge on any atom is 0.247 e. The van der Waals surface area contributed by atoms with Crippen LogP contribution < -0.4 is 5.48 Å². The highest BCUT2D eigenvalue weighted by Crippen LogP contribution is 2.29. The summed E-state index contributed by atoms with van der Waals surface area (Å²) in [6.07, 6.45) is 1.22. The first kappa shape index (κ1) is 12.7. The van der Waals surface area contributed by atoms with E-state index in [-0.39, 0.29) is 17.7 Å². The Balaban J connectivity index is 3.05. The summed E-state index contributed by atoms with van der Waals surface area (Å²) in [4.78, 5) is 11.2. The summed E-state index contributed by atoms with van der Waals surface area (Å²) >= 11 is 0. The molecule has 0 atom stereocenters. The van der Waals surface area contributed by atoms with Crippen molar-refractivity contribution in [3.8, 4) is 0 Å². The first-order valence-corrected chi connectivity index (χ1v) is 5.52. The van der Waals surface area contributed by atoms with Gasteiger partial charge >= 0.3 is 0 Å². The maximum atomic E-state index is 11.2. The van der Waals surface area contributed by atoms with Crippen molar-refractivity contribution in [3.05, 3.63) is 35.4 Å². The fraction of sp³-hybridized carbons (Fsp3) is 0.462. The van der Waals surface area contributed by atoms with E-state index >= 15 is 0 Å². The van der Waals surface area contributed by atoms with Crippen LogP contribution in [0, 0.1) is 0 Å². The molecule has 0 unspecified atom stereocenters. The molecule has 0 heterocycles. The Kier molecular flexibility index (Phi) is 4.07. The standard InChI is InChI=1S/C13H19NO2/c1-4-13(2,3)11-8-6-5-7-10(11)9-12(15)14-16/h5-8,16H,4,9H2,1-3H3,(H,14,15). The van der Waals surface area contributed by atoms with E-state index in [0.717, 1.165) is 12.0 Å². The molecule has 0 aliphatic rings. The van der Waals surface area contributed by atoms with Crippen molar-refractivity contribution in [2.24, 2.45) is 0 Å². The minimum absolute atomic E-state index is 0.0479. The quantitative estimate of drug-likeness (QED) is 0.606. The SMILES string of the molecule is CCC(C)(C)c1ccccc1CC(=O)NO. The summed E-state index contributed by atoms with van der Waals surface area (Å²) in [6.45, 7) is 6.44. The highest BCUT2D eigenvalue weighted by Gasteiger charge is 2.21. The van der Waals surface area contributed by atoms with Crippen molar-refractivity contribution < 1.29 is 10.0 Å². The van der Waals surface area contributed by atoms with Crippen LogP contribution >= 0.6 is 0 Å². The van der Waals surface area contributed by atoms with E-state index in [1.165, 1.54) is 5.56 Å². The Hall–Kier alpha value is -1.35. The smallest absolute Gasteiger partial charge is 0.247 e. The van der Waals surface area contributed by atoms with Crippen molar-refractivity contribution in [2.45, 2.75) is 39.0 Å². The van der Waals surface area contributed by atoms with Crippen LogP contribution in [0.15, 0.2) is 24.3 Å². The van der Waals surface area contributed by atoms with Gasteiger partial charge in [-0.25, -0.2) is 5.48 Å². The Morgan fingerprint density at radius 1 is 1.38 bits per heavy atom. The zero-order chi connectivity index (χ0) is 12.2. The number of hydrogen-bond donors (Lipinski definition) is 2. The van der Waals surface area contributed by atoms with Gasteiger partial charge in [-0.05, 0) is 23.0 Å². The van der Waals surface area contributed by atoms with Gasteiger partial charge in [-0.2, -0.15) is 0 Å². The molecule has 0 radical (unpaired) electrons. The molecule has 0 aliphatic carbocycles. The number of benzene rings is 1. The highest BCUT2D eigenvalue weighted by molar-refractivity contribution is 5.77. The van der Waals surface area contributed by atoms with Crippen LogP contribution in [-0.2, 0) is 16.6 Å². The van der Waals surface area contributed by atoms with Crippen molar-refractivity contribution in [1.82, 2.24) is 5.48 Å². The van der Waals surface area contributed by atoms with Crippen molar-refractivity contribution in [3.63, 3.8) is 0 Å². The maximum absolute atomic E-state index is 11.2. The Labute approximate surface area is 96.4 Å². The van der Waals surface area contributed by atoms with Gasteiger partial charge in [0.05, 0.1) is 6.42 Å². The molecular formula is C13H19NO2. The molecule has 0 saturated heterocycles. The topological polar surface area (TPSA) is 49.3 Å². The lowest BCUT2D eigenvalue weighted by Crippen LogP contribution is -2.24. The van der Waals surface area contributed by atoms with Crippen LogP contribution in [0.3, 0.4) is 0 Å². The summed E-state index contributed by atoms with van der Waals surface area (Å²) in [5, 5.41) is 8.55. The third-order valence-corrected chi connectivity index (χ3v) is 3.11. The number of amides is 1. The van der Waals surface area contributed by atoms with E-state index in [1.807, 2.05) is 24.3 Å². The van der Waals surface area contributed by atoms with E-state index in [1.54, 1.807) is 5.48 Å². The van der Waals surface area contributed by atoms with Gasteiger partial charge in [0.2, 0.25) is 5.91 Å². The summed E-state index contributed by atoms with van der Waals surface area (Å²) in [6, 6.07) is 7.87. The van der Waals surface area contributed by atoms with Crippen LogP contribution in [0.25, 0.3) is 0 Å². The molecule has 2 N–H and O–H groups in total. The molecule has 1 amide bonds. The summed E-state index contributed by atoms with van der Waals surface area (Å²) in [5.41, 5.74) is 3.86. The number of hydrogen-bond acceptors (Lipinski definition) is 2. The first-order chi connectivity index (χ1) is 7.51. The fourth-order valence-electron chi connectivity index (χ4n) is 1.74. The number of carbonyl (C=O) groups is 1. The summed E-state index contributed by atoms with van der Waals surface area (Å²) < 4.78 is 0. The van der Waals surface area contributed by atoms with Crippen LogP contribution in [0.5, 0.6) is 0 Å². The van der Waals surface area contributed by atoms with Crippen molar-refractivity contribution in [2.75, 3.05) is 0 Å². The van der Waals surface area contributed by atoms with Gasteiger partial charge in [0, 0.05) is 0 Å². The molecule has 1 aromatic carbocycles. The van der Waals surface area contributed by atoms with E-state index in [9.17, 15) is 4.79 Å². The van der Waals surface area contributed by atoms with Gasteiger partial charge in [-0.3, -0.25) is 10.0 Å².